The van der Waals surface area contributed by atoms with Crippen molar-refractivity contribution in [1.29, 1.82) is 0 Å². The number of carbonyl (C=O) groups is 1. The normalized spacial score (nSPS) is 14.1. The number of benzene rings is 2. The predicted molar refractivity (Wildman–Crippen MR) is 103 cm³/mol. The monoisotopic (exact) mass is 355 g/mol. The van der Waals surface area contributed by atoms with Gasteiger partial charge in [-0.1, -0.05) is 24.3 Å². The number of anilines is 1. The predicted octanol–water partition coefficient (Wildman–Crippen LogP) is 2.85. The van der Waals surface area contributed by atoms with E-state index in [0.29, 0.717) is 31.3 Å². The second-order valence-corrected chi connectivity index (χ2v) is 6.19. The molecule has 1 aliphatic heterocycles. The van der Waals surface area contributed by atoms with Gasteiger partial charge in [0.2, 0.25) is 0 Å². The van der Waals surface area contributed by atoms with Crippen LogP contribution in [0.5, 0.6) is 5.75 Å². The summed E-state index contributed by atoms with van der Waals surface area (Å²) in [6, 6.07) is 17.0. The van der Waals surface area contributed by atoms with Crippen LogP contribution in [0.1, 0.15) is 10.4 Å². The highest BCUT2D eigenvalue weighted by Crippen LogP contribution is 2.17. The molecular weight excluding hydrogens is 334 g/mol. The third kappa shape index (κ3) is 4.28. The Kier molecular flexibility index (Phi) is 5.50. The van der Waals surface area contributed by atoms with Crippen LogP contribution in [0.3, 0.4) is 0 Å². The van der Waals surface area contributed by atoms with E-state index in [1.54, 1.807) is 7.11 Å². The summed E-state index contributed by atoms with van der Waals surface area (Å²) in [4.78, 5) is 16.4. The lowest BCUT2D eigenvalue weighted by atomic mass is 10.2. The van der Waals surface area contributed by atoms with Crippen LogP contribution in [0.4, 0.5) is 5.69 Å². The molecule has 3 rings (SSSR count). The number of piperazine rings is 1. The third-order valence-corrected chi connectivity index (χ3v) is 4.56. The van der Waals surface area contributed by atoms with E-state index in [1.807, 2.05) is 59.5 Å². The number of hydrogen-bond acceptors (Lipinski definition) is 3. The van der Waals surface area contributed by atoms with Gasteiger partial charge in [-0.25, -0.2) is 0 Å². The van der Waals surface area contributed by atoms with E-state index < -0.39 is 0 Å². The van der Waals surface area contributed by atoms with Gasteiger partial charge in [-0.3, -0.25) is 4.79 Å². The minimum atomic E-state index is 0.0759. The van der Waals surface area contributed by atoms with Crippen LogP contribution >= 0.6 is 12.2 Å². The van der Waals surface area contributed by atoms with Gasteiger partial charge < -0.3 is 19.9 Å². The van der Waals surface area contributed by atoms with E-state index in [4.69, 9.17) is 17.0 Å². The highest BCUT2D eigenvalue weighted by atomic mass is 32.1. The van der Waals surface area contributed by atoms with Crippen LogP contribution in [0.25, 0.3) is 0 Å². The zero-order valence-electron chi connectivity index (χ0n) is 14.1. The number of nitrogens with one attached hydrogen (secondary N) is 1. The van der Waals surface area contributed by atoms with Crippen molar-refractivity contribution in [2.24, 2.45) is 0 Å². The summed E-state index contributed by atoms with van der Waals surface area (Å²) in [6.07, 6.45) is 0. The molecule has 0 saturated carbocycles. The summed E-state index contributed by atoms with van der Waals surface area (Å²) in [7, 11) is 1.64. The summed E-state index contributed by atoms with van der Waals surface area (Å²) in [5, 5.41) is 3.90. The van der Waals surface area contributed by atoms with Crippen LogP contribution in [0, 0.1) is 0 Å². The Morgan fingerprint density at radius 1 is 1.00 bits per heavy atom. The number of thiocarbonyl (C=S) groups is 1. The Bertz CT molecular complexity index is 743. The van der Waals surface area contributed by atoms with Crippen molar-refractivity contribution in [3.63, 3.8) is 0 Å². The first-order valence-corrected chi connectivity index (χ1v) is 8.62. The Balaban J connectivity index is 1.55. The molecule has 1 amide bonds. The molecule has 130 valence electrons. The zero-order chi connectivity index (χ0) is 17.6. The maximum Gasteiger partial charge on any atom is 0.253 e. The summed E-state index contributed by atoms with van der Waals surface area (Å²) in [5.74, 6) is 0.859. The molecule has 5 nitrogen and oxygen atoms in total. The number of ether oxygens (including phenoxy) is 1. The highest BCUT2D eigenvalue weighted by molar-refractivity contribution is 7.80. The van der Waals surface area contributed by atoms with Gasteiger partial charge in [-0.05, 0) is 36.5 Å². The molecule has 1 N–H and O–H groups in total. The minimum Gasteiger partial charge on any atom is -0.497 e. The van der Waals surface area contributed by atoms with E-state index >= 15 is 0 Å². The van der Waals surface area contributed by atoms with Crippen molar-refractivity contribution in [1.82, 2.24) is 9.80 Å². The molecule has 0 aliphatic carbocycles. The molecule has 1 saturated heterocycles. The molecule has 0 radical (unpaired) electrons. The first-order valence-electron chi connectivity index (χ1n) is 8.21. The molecule has 2 aromatic rings. The van der Waals surface area contributed by atoms with Crippen LogP contribution < -0.4 is 10.1 Å². The molecule has 1 fully saturated rings. The van der Waals surface area contributed by atoms with E-state index in [1.165, 1.54) is 0 Å². The van der Waals surface area contributed by atoms with E-state index in [-0.39, 0.29) is 5.91 Å². The van der Waals surface area contributed by atoms with Crippen LogP contribution in [0.15, 0.2) is 54.6 Å². The molecule has 25 heavy (non-hydrogen) atoms. The number of amides is 1. The zero-order valence-corrected chi connectivity index (χ0v) is 15.0. The molecule has 1 aliphatic rings. The summed E-state index contributed by atoms with van der Waals surface area (Å²) in [6.45, 7) is 2.75. The largest absolute Gasteiger partial charge is 0.497 e. The Morgan fingerprint density at radius 2 is 1.68 bits per heavy atom. The Morgan fingerprint density at radius 3 is 2.36 bits per heavy atom. The minimum absolute atomic E-state index is 0.0759. The van der Waals surface area contributed by atoms with E-state index in [0.717, 1.165) is 17.0 Å². The fourth-order valence-electron chi connectivity index (χ4n) is 2.78. The van der Waals surface area contributed by atoms with Gasteiger partial charge in [0.05, 0.1) is 7.11 Å². The molecule has 1 heterocycles. The Hall–Kier alpha value is -2.60. The molecule has 0 unspecified atom stereocenters. The van der Waals surface area contributed by atoms with Gasteiger partial charge >= 0.3 is 0 Å². The number of methoxy groups -OCH3 is 1. The van der Waals surface area contributed by atoms with Gasteiger partial charge in [0.1, 0.15) is 5.75 Å². The molecule has 2 aromatic carbocycles. The van der Waals surface area contributed by atoms with Gasteiger partial charge in [-0.2, -0.15) is 0 Å². The molecule has 6 heteroatoms. The average Bonchev–Trinajstić information content (AvgIpc) is 2.68. The number of rotatable bonds is 3. The summed E-state index contributed by atoms with van der Waals surface area (Å²) >= 11 is 5.50. The Labute approximate surface area is 153 Å². The topological polar surface area (TPSA) is 44.8 Å². The van der Waals surface area contributed by atoms with Crippen LogP contribution in [-0.4, -0.2) is 54.1 Å². The standard InChI is InChI=1S/C19H21N3O2S/c1-24-17-9-5-8-16(14-17)20-19(25)22-12-10-21(11-13-22)18(23)15-6-3-2-4-7-15/h2-9,14H,10-13H2,1H3,(H,20,25). The SMILES string of the molecule is COc1cccc(NC(=S)N2CCN(C(=O)c3ccccc3)CC2)c1. The van der Waals surface area contributed by atoms with Crippen molar-refractivity contribution >= 4 is 28.9 Å². The molecule has 0 aromatic heterocycles. The van der Waals surface area contributed by atoms with Crippen molar-refractivity contribution in [2.75, 3.05) is 38.6 Å². The molecule has 0 spiro atoms. The smallest absolute Gasteiger partial charge is 0.253 e. The third-order valence-electron chi connectivity index (χ3n) is 4.20. The van der Waals surface area contributed by atoms with Crippen molar-refractivity contribution in [2.45, 2.75) is 0 Å². The highest BCUT2D eigenvalue weighted by Gasteiger charge is 2.23. The average molecular weight is 355 g/mol. The summed E-state index contributed by atoms with van der Waals surface area (Å²) < 4.78 is 5.22. The quantitative estimate of drug-likeness (QED) is 0.858. The number of carbonyl (C=O) groups excluding carboxylic acids is 1. The van der Waals surface area contributed by atoms with Gasteiger partial charge in [-0.15, -0.1) is 0 Å². The van der Waals surface area contributed by atoms with Crippen LogP contribution in [0.2, 0.25) is 0 Å². The van der Waals surface area contributed by atoms with Gasteiger partial charge in [0, 0.05) is 43.5 Å². The van der Waals surface area contributed by atoms with Gasteiger partial charge in [0.25, 0.3) is 5.91 Å². The first kappa shape index (κ1) is 17.2. The fraction of sp³-hybridized carbons (Fsp3) is 0.263. The number of hydrogen-bond donors (Lipinski definition) is 1. The molecular formula is C19H21N3O2S. The van der Waals surface area contributed by atoms with E-state index in [9.17, 15) is 4.79 Å². The van der Waals surface area contributed by atoms with Gasteiger partial charge in [0.15, 0.2) is 5.11 Å². The van der Waals surface area contributed by atoms with Crippen molar-refractivity contribution < 1.29 is 9.53 Å². The number of nitrogens with zero attached hydrogens (tertiary/aromatic N) is 2. The molecule has 0 bridgehead atoms. The summed E-state index contributed by atoms with van der Waals surface area (Å²) in [5.41, 5.74) is 1.63. The van der Waals surface area contributed by atoms with Crippen LogP contribution in [-0.2, 0) is 0 Å². The van der Waals surface area contributed by atoms with Crippen molar-refractivity contribution in [3.05, 3.63) is 60.2 Å². The van der Waals surface area contributed by atoms with Crippen molar-refractivity contribution in [3.8, 4) is 5.75 Å². The fourth-order valence-corrected chi connectivity index (χ4v) is 3.08. The lowest BCUT2D eigenvalue weighted by Gasteiger charge is -2.36. The second-order valence-electron chi connectivity index (χ2n) is 5.81. The lowest BCUT2D eigenvalue weighted by molar-refractivity contribution is 0.0693. The first-order chi connectivity index (χ1) is 12.2. The lowest BCUT2D eigenvalue weighted by Crippen LogP contribution is -2.51. The maximum atomic E-state index is 12.5. The second kappa shape index (κ2) is 7.98. The maximum absolute atomic E-state index is 12.5. The van der Waals surface area contributed by atoms with E-state index in [2.05, 4.69) is 10.2 Å². The molecule has 0 atom stereocenters.